The molecule has 10 heteroatoms. The van der Waals surface area contributed by atoms with Gasteiger partial charge < -0.3 is 30.3 Å². The van der Waals surface area contributed by atoms with Gasteiger partial charge in [0.05, 0.1) is 0 Å². The van der Waals surface area contributed by atoms with Gasteiger partial charge in [0, 0.05) is 13.0 Å². The predicted octanol–water partition coefficient (Wildman–Crippen LogP) is 3.44. The minimum absolute atomic E-state index is 0.0934. The zero-order valence-electron chi connectivity index (χ0n) is 23.6. The van der Waals surface area contributed by atoms with Gasteiger partial charge in [-0.05, 0) is 99.5 Å². The highest BCUT2D eigenvalue weighted by Crippen LogP contribution is 2.35. The molecule has 0 spiro atoms. The summed E-state index contributed by atoms with van der Waals surface area (Å²) in [6.07, 6.45) is 2.92. The maximum atomic E-state index is 14.1. The van der Waals surface area contributed by atoms with Gasteiger partial charge in [-0.3, -0.25) is 9.59 Å². The quantitative estimate of drug-likeness (QED) is 0.221. The molecular formula is C30H42N2O7S. The number of carbonyl (C=O) groups is 3. The Labute approximate surface area is 240 Å². The van der Waals surface area contributed by atoms with Crippen molar-refractivity contribution in [2.24, 2.45) is 5.92 Å². The lowest BCUT2D eigenvalue weighted by Gasteiger charge is -2.41. The van der Waals surface area contributed by atoms with Crippen molar-refractivity contribution in [3.05, 3.63) is 34.9 Å². The molecule has 0 radical (unpaired) electrons. The number of phenolic OH excluding ortho intramolecular Hbond substituents is 2. The molecule has 0 aromatic heterocycles. The van der Waals surface area contributed by atoms with E-state index in [1.807, 2.05) is 13.8 Å². The van der Waals surface area contributed by atoms with Gasteiger partial charge in [-0.1, -0.05) is 18.6 Å². The van der Waals surface area contributed by atoms with Gasteiger partial charge in [0.1, 0.15) is 23.8 Å². The van der Waals surface area contributed by atoms with Crippen molar-refractivity contribution < 1.29 is 34.4 Å². The number of aliphatic hydroxyl groups is 1. The van der Waals surface area contributed by atoms with Crippen molar-refractivity contribution in [2.75, 3.05) is 18.1 Å². The summed E-state index contributed by atoms with van der Waals surface area (Å²) in [6.45, 7) is 6.67. The summed E-state index contributed by atoms with van der Waals surface area (Å²) in [6, 6.07) is 3.40. The molecule has 0 bridgehead atoms. The Morgan fingerprint density at radius 1 is 1.15 bits per heavy atom. The number of aromatic hydroxyl groups is 2. The van der Waals surface area contributed by atoms with E-state index in [1.54, 1.807) is 16.7 Å². The van der Waals surface area contributed by atoms with E-state index in [1.165, 1.54) is 29.3 Å². The fourth-order valence-electron chi connectivity index (χ4n) is 6.07. The molecule has 9 nitrogen and oxygen atoms in total. The number of hydrogen-bond donors (Lipinski definition) is 4. The van der Waals surface area contributed by atoms with Crippen LogP contribution in [0.1, 0.15) is 71.3 Å². The van der Waals surface area contributed by atoms with Crippen molar-refractivity contribution in [1.82, 2.24) is 10.2 Å². The monoisotopic (exact) mass is 574 g/mol. The first-order valence-electron chi connectivity index (χ1n) is 14.3. The Balaban J connectivity index is 1.47. The number of aliphatic hydroxyl groups excluding tert-OH is 1. The zero-order valence-corrected chi connectivity index (χ0v) is 24.5. The second kappa shape index (κ2) is 12.9. The van der Waals surface area contributed by atoms with Crippen LogP contribution in [0, 0.1) is 5.92 Å². The summed E-state index contributed by atoms with van der Waals surface area (Å²) in [5.41, 5.74) is 1.60. The zero-order chi connectivity index (χ0) is 29.0. The number of likely N-dealkylation sites (tertiary alicyclic amines) is 1. The summed E-state index contributed by atoms with van der Waals surface area (Å²) in [4.78, 5) is 42.3. The van der Waals surface area contributed by atoms with E-state index in [-0.39, 0.29) is 35.9 Å². The molecule has 3 fully saturated rings. The van der Waals surface area contributed by atoms with E-state index in [9.17, 15) is 29.7 Å². The Bertz CT molecular complexity index is 1140. The van der Waals surface area contributed by atoms with E-state index < -0.39 is 23.6 Å². The van der Waals surface area contributed by atoms with Gasteiger partial charge in [-0.25, -0.2) is 4.79 Å². The molecular weight excluding hydrogens is 532 g/mol. The molecule has 2 unspecified atom stereocenters. The summed E-state index contributed by atoms with van der Waals surface area (Å²) < 4.78 is 6.06. The third kappa shape index (κ3) is 6.77. The maximum Gasteiger partial charge on any atom is 0.329 e. The molecule has 2 heterocycles. The number of nitrogens with one attached hydrogen (secondary N) is 1. The van der Waals surface area contributed by atoms with Crippen molar-refractivity contribution in [1.29, 1.82) is 0 Å². The lowest BCUT2D eigenvalue weighted by atomic mass is 9.83. The lowest BCUT2D eigenvalue weighted by molar-refractivity contribution is -0.160. The fourth-order valence-corrected chi connectivity index (χ4v) is 7.26. The molecule has 2 amide bonds. The number of thioether (sulfide) groups is 1. The summed E-state index contributed by atoms with van der Waals surface area (Å²) >= 11 is 1.70. The second-order valence-corrected chi connectivity index (χ2v) is 12.9. The molecule has 4 atom stereocenters. The standard InChI is InChI=1S/C30H42N2O7S/c1-18(2)21-8-6-19(3)15-26(21)39-28(37)22-5-4-12-32(22)29(38)30(10-13-40-14-11-30)31-27(36)25(35)17-20-7-9-23(33)24(34)16-20/h7,9,16,19,22,25-26,33-35H,4-6,8,10-15,17H2,1-3H3,(H,31,36)/t19-,22?,25?,26-/m1/s1. The highest BCUT2D eigenvalue weighted by molar-refractivity contribution is 7.99. The molecule has 4 rings (SSSR count). The molecule has 1 aromatic carbocycles. The highest BCUT2D eigenvalue weighted by atomic mass is 32.2. The van der Waals surface area contributed by atoms with Crippen molar-refractivity contribution in [3.8, 4) is 11.5 Å². The Morgan fingerprint density at radius 3 is 2.55 bits per heavy atom. The van der Waals surface area contributed by atoms with E-state index in [0.717, 1.165) is 19.3 Å². The van der Waals surface area contributed by atoms with Crippen LogP contribution < -0.4 is 5.32 Å². The molecule has 2 saturated heterocycles. The molecule has 220 valence electrons. The topological polar surface area (TPSA) is 136 Å². The van der Waals surface area contributed by atoms with E-state index in [2.05, 4.69) is 12.2 Å². The van der Waals surface area contributed by atoms with Gasteiger partial charge in [-0.15, -0.1) is 0 Å². The van der Waals surface area contributed by atoms with Gasteiger partial charge in [-0.2, -0.15) is 11.8 Å². The van der Waals surface area contributed by atoms with Crippen LogP contribution >= 0.6 is 11.8 Å². The molecule has 40 heavy (non-hydrogen) atoms. The molecule has 1 aromatic rings. The molecule has 3 aliphatic rings. The van der Waals surface area contributed by atoms with Crippen LogP contribution in [0.4, 0.5) is 0 Å². The third-order valence-electron chi connectivity index (χ3n) is 8.49. The summed E-state index contributed by atoms with van der Waals surface area (Å²) in [5.74, 6) is -0.208. The average molecular weight is 575 g/mol. The number of rotatable bonds is 7. The highest BCUT2D eigenvalue weighted by Gasteiger charge is 2.48. The minimum atomic E-state index is -1.46. The predicted molar refractivity (Wildman–Crippen MR) is 153 cm³/mol. The van der Waals surface area contributed by atoms with Crippen LogP contribution in [-0.2, 0) is 25.5 Å². The number of allylic oxidation sites excluding steroid dienone is 1. The van der Waals surface area contributed by atoms with Crippen LogP contribution in [0.5, 0.6) is 11.5 Å². The lowest BCUT2D eigenvalue weighted by Crippen LogP contribution is -2.64. The van der Waals surface area contributed by atoms with Crippen molar-refractivity contribution >= 4 is 29.5 Å². The first-order valence-corrected chi connectivity index (χ1v) is 15.4. The van der Waals surface area contributed by atoms with Crippen molar-refractivity contribution in [2.45, 2.75) is 95.9 Å². The molecule has 1 aliphatic carbocycles. The van der Waals surface area contributed by atoms with Gasteiger partial charge in [0.25, 0.3) is 0 Å². The van der Waals surface area contributed by atoms with Crippen LogP contribution in [0.3, 0.4) is 0 Å². The number of carbonyl (C=O) groups excluding carboxylic acids is 3. The number of esters is 1. The van der Waals surface area contributed by atoms with Crippen LogP contribution in [0.15, 0.2) is 29.3 Å². The van der Waals surface area contributed by atoms with Crippen LogP contribution in [-0.4, -0.2) is 79.8 Å². The number of benzene rings is 1. The molecule has 1 saturated carbocycles. The third-order valence-corrected chi connectivity index (χ3v) is 9.47. The maximum absolute atomic E-state index is 14.1. The number of nitrogens with zero attached hydrogens (tertiary/aromatic N) is 1. The number of hydrogen-bond acceptors (Lipinski definition) is 8. The van der Waals surface area contributed by atoms with Gasteiger partial charge in [0.2, 0.25) is 11.8 Å². The normalized spacial score (nSPS) is 25.2. The minimum Gasteiger partial charge on any atom is -0.504 e. The summed E-state index contributed by atoms with van der Waals surface area (Å²) in [7, 11) is 0. The number of phenols is 2. The Hall–Kier alpha value is -2.72. The Morgan fingerprint density at radius 2 is 1.88 bits per heavy atom. The fraction of sp³-hybridized carbons (Fsp3) is 0.633. The van der Waals surface area contributed by atoms with E-state index in [4.69, 9.17) is 4.74 Å². The van der Waals surface area contributed by atoms with Gasteiger partial charge in [0.15, 0.2) is 11.5 Å². The van der Waals surface area contributed by atoms with E-state index >= 15 is 0 Å². The largest absolute Gasteiger partial charge is 0.504 e. The molecule has 2 aliphatic heterocycles. The van der Waals surface area contributed by atoms with Gasteiger partial charge >= 0.3 is 5.97 Å². The Kier molecular flexibility index (Phi) is 9.72. The number of amides is 2. The SMILES string of the molecule is CC(C)=C1CC[C@@H](C)C[C@H]1OC(=O)C1CCCN1C(=O)C1(NC(=O)C(O)Cc2ccc(O)c(O)c2)CCSCC1. The van der Waals surface area contributed by atoms with Crippen LogP contribution in [0.25, 0.3) is 0 Å². The van der Waals surface area contributed by atoms with Crippen molar-refractivity contribution in [3.63, 3.8) is 0 Å². The summed E-state index contributed by atoms with van der Waals surface area (Å²) in [5, 5.41) is 32.8. The van der Waals surface area contributed by atoms with Crippen LogP contribution in [0.2, 0.25) is 0 Å². The smallest absolute Gasteiger partial charge is 0.329 e. The second-order valence-electron chi connectivity index (χ2n) is 11.7. The van der Waals surface area contributed by atoms with E-state index in [0.29, 0.717) is 55.2 Å². The number of ether oxygens (including phenoxy) is 1. The average Bonchev–Trinajstić information content (AvgIpc) is 3.41. The first-order chi connectivity index (χ1) is 19.0. The molecule has 4 N–H and O–H groups in total. The first kappa shape index (κ1) is 30.2.